The van der Waals surface area contributed by atoms with E-state index >= 15 is 0 Å². The van der Waals surface area contributed by atoms with Crippen molar-refractivity contribution in [3.63, 3.8) is 0 Å². The Balaban J connectivity index is 2.06. The summed E-state index contributed by atoms with van der Waals surface area (Å²) in [6.45, 7) is 0. The first-order chi connectivity index (χ1) is 11.0. The van der Waals surface area contributed by atoms with Crippen molar-refractivity contribution in [2.45, 2.75) is 0 Å². The molecule has 0 spiro atoms. The Labute approximate surface area is 142 Å². The molecule has 23 heavy (non-hydrogen) atoms. The normalized spacial score (nSPS) is 10.7. The third kappa shape index (κ3) is 2.97. The molecule has 0 fully saturated rings. The van der Waals surface area contributed by atoms with Gasteiger partial charge in [0.2, 0.25) is 0 Å². The predicted molar refractivity (Wildman–Crippen MR) is 87.6 cm³/mol. The topological polar surface area (TPSA) is 65.3 Å². The molecule has 3 rings (SSSR count). The number of nitro benzene ring substituents is 1. The van der Waals surface area contributed by atoms with Crippen molar-refractivity contribution in [3.05, 3.63) is 68.0 Å². The van der Waals surface area contributed by atoms with Crippen molar-refractivity contribution in [2.24, 2.45) is 0 Å². The minimum Gasteiger partial charge on any atom is -0.453 e. The molecule has 2 aromatic carbocycles. The number of fused-ring (bicyclic) bond motifs is 1. The number of nitro groups is 1. The van der Waals surface area contributed by atoms with Crippen molar-refractivity contribution in [1.29, 1.82) is 0 Å². The van der Waals surface area contributed by atoms with E-state index in [2.05, 4.69) is 20.9 Å². The van der Waals surface area contributed by atoms with Crippen LogP contribution in [0, 0.1) is 15.9 Å². The molecule has 0 unspecified atom stereocenters. The van der Waals surface area contributed by atoms with Gasteiger partial charge in [0.25, 0.3) is 5.69 Å². The molecule has 0 aliphatic rings. The van der Waals surface area contributed by atoms with Crippen LogP contribution in [0.5, 0.6) is 11.5 Å². The summed E-state index contributed by atoms with van der Waals surface area (Å²) in [6, 6.07) is 9.21. The molecule has 0 bridgehead atoms. The summed E-state index contributed by atoms with van der Waals surface area (Å²) >= 11 is 9.03. The third-order valence-corrected chi connectivity index (χ3v) is 3.96. The number of hydrogen-bond donors (Lipinski definition) is 0. The minimum atomic E-state index is -0.983. The fourth-order valence-corrected chi connectivity index (χ4v) is 2.62. The number of pyridine rings is 1. The van der Waals surface area contributed by atoms with Gasteiger partial charge in [0, 0.05) is 22.1 Å². The van der Waals surface area contributed by atoms with Gasteiger partial charge < -0.3 is 4.74 Å². The average molecular weight is 398 g/mol. The van der Waals surface area contributed by atoms with E-state index in [-0.39, 0.29) is 5.75 Å². The molecular formula is C15H7BrClFN2O3. The minimum absolute atomic E-state index is 0.198. The maximum absolute atomic E-state index is 14.2. The molecular weight excluding hydrogens is 391 g/mol. The van der Waals surface area contributed by atoms with Crippen LogP contribution in [0.4, 0.5) is 10.1 Å². The Bertz CT molecular complexity index is 936. The standard InChI is InChI=1S/C15H7BrClFN2O3/c16-8-1-2-9-10(7-8)19-6-5-12(9)23-13-4-3-11(20(21)22)14(17)15(13)18/h1-7H. The number of aromatic nitrogens is 1. The van der Waals surface area contributed by atoms with Crippen molar-refractivity contribution in [3.8, 4) is 11.5 Å². The zero-order valence-electron chi connectivity index (χ0n) is 11.3. The van der Waals surface area contributed by atoms with Crippen LogP contribution < -0.4 is 4.74 Å². The number of hydrogen-bond acceptors (Lipinski definition) is 4. The summed E-state index contributed by atoms with van der Waals surface area (Å²) in [5, 5.41) is 10.8. The van der Waals surface area contributed by atoms with Crippen LogP contribution in [0.1, 0.15) is 0 Å². The highest BCUT2D eigenvalue weighted by Gasteiger charge is 2.21. The van der Waals surface area contributed by atoms with Gasteiger partial charge in [0.1, 0.15) is 5.75 Å². The lowest BCUT2D eigenvalue weighted by Gasteiger charge is -2.10. The van der Waals surface area contributed by atoms with Gasteiger partial charge >= 0.3 is 0 Å². The smallest absolute Gasteiger partial charge is 0.291 e. The molecule has 1 heterocycles. The van der Waals surface area contributed by atoms with E-state index in [4.69, 9.17) is 16.3 Å². The van der Waals surface area contributed by atoms with Crippen LogP contribution in [-0.4, -0.2) is 9.91 Å². The molecule has 0 aliphatic carbocycles. The van der Waals surface area contributed by atoms with Crippen molar-refractivity contribution >= 4 is 44.1 Å². The maximum Gasteiger partial charge on any atom is 0.291 e. The second-order valence-corrected chi connectivity index (χ2v) is 5.83. The molecule has 0 radical (unpaired) electrons. The van der Waals surface area contributed by atoms with Gasteiger partial charge in [-0.15, -0.1) is 0 Å². The second kappa shape index (κ2) is 6.10. The van der Waals surface area contributed by atoms with Gasteiger partial charge in [-0.2, -0.15) is 0 Å². The Morgan fingerprint density at radius 3 is 2.74 bits per heavy atom. The molecule has 0 N–H and O–H groups in total. The predicted octanol–water partition coefficient (Wildman–Crippen LogP) is 5.49. The van der Waals surface area contributed by atoms with Gasteiger partial charge in [-0.1, -0.05) is 27.5 Å². The Hall–Kier alpha value is -2.25. The third-order valence-electron chi connectivity index (χ3n) is 3.11. The lowest BCUT2D eigenvalue weighted by atomic mass is 10.2. The summed E-state index contributed by atoms with van der Waals surface area (Å²) < 4.78 is 20.6. The van der Waals surface area contributed by atoms with Gasteiger partial charge in [-0.05, 0) is 30.3 Å². The number of halogens is 3. The Morgan fingerprint density at radius 1 is 1.22 bits per heavy atom. The number of ether oxygens (including phenoxy) is 1. The SMILES string of the molecule is O=[N+]([O-])c1ccc(Oc2ccnc3cc(Br)ccc23)c(F)c1Cl. The van der Waals surface area contributed by atoms with Crippen LogP contribution in [0.2, 0.25) is 5.02 Å². The van der Waals surface area contributed by atoms with Crippen LogP contribution in [0.25, 0.3) is 10.9 Å². The van der Waals surface area contributed by atoms with E-state index in [1.807, 2.05) is 0 Å². The first-order valence-electron chi connectivity index (χ1n) is 6.32. The molecule has 116 valence electrons. The highest BCUT2D eigenvalue weighted by Crippen LogP contribution is 2.37. The van der Waals surface area contributed by atoms with Gasteiger partial charge in [0.05, 0.1) is 10.4 Å². The van der Waals surface area contributed by atoms with Gasteiger partial charge in [0.15, 0.2) is 16.6 Å². The van der Waals surface area contributed by atoms with Crippen molar-refractivity contribution in [1.82, 2.24) is 4.98 Å². The van der Waals surface area contributed by atoms with Gasteiger partial charge in [-0.25, -0.2) is 4.39 Å². The quantitative estimate of drug-likeness (QED) is 0.433. The second-order valence-electron chi connectivity index (χ2n) is 4.54. The summed E-state index contributed by atoms with van der Waals surface area (Å²) in [7, 11) is 0. The molecule has 8 heteroatoms. The van der Waals surface area contributed by atoms with E-state index in [0.29, 0.717) is 16.7 Å². The average Bonchev–Trinajstić information content (AvgIpc) is 2.51. The van der Waals surface area contributed by atoms with Crippen molar-refractivity contribution in [2.75, 3.05) is 0 Å². The summed E-state index contributed by atoms with van der Waals surface area (Å²) in [4.78, 5) is 14.2. The lowest BCUT2D eigenvalue weighted by Crippen LogP contribution is -1.95. The number of rotatable bonds is 3. The highest BCUT2D eigenvalue weighted by molar-refractivity contribution is 9.10. The van der Waals surface area contributed by atoms with Gasteiger partial charge in [-0.3, -0.25) is 15.1 Å². The van der Waals surface area contributed by atoms with E-state index in [9.17, 15) is 14.5 Å². The summed E-state index contributed by atoms with van der Waals surface area (Å²) in [6.07, 6.45) is 1.52. The van der Waals surface area contributed by atoms with Crippen molar-refractivity contribution < 1.29 is 14.1 Å². The maximum atomic E-state index is 14.2. The molecule has 0 saturated heterocycles. The van der Waals surface area contributed by atoms with E-state index in [0.717, 1.165) is 10.5 Å². The first kappa shape index (κ1) is 15.6. The highest BCUT2D eigenvalue weighted by atomic mass is 79.9. The fraction of sp³-hybridized carbons (Fsp3) is 0. The Morgan fingerprint density at radius 2 is 2.00 bits per heavy atom. The number of benzene rings is 2. The summed E-state index contributed by atoms with van der Waals surface area (Å²) in [5.74, 6) is -0.815. The van der Waals surface area contributed by atoms with E-state index < -0.39 is 21.5 Å². The molecule has 0 atom stereocenters. The molecule has 0 saturated carbocycles. The molecule has 0 amide bonds. The van der Waals surface area contributed by atoms with Crippen LogP contribution in [0.3, 0.4) is 0 Å². The lowest BCUT2D eigenvalue weighted by molar-refractivity contribution is -0.384. The van der Waals surface area contributed by atoms with Crippen LogP contribution in [-0.2, 0) is 0 Å². The molecule has 1 aromatic heterocycles. The van der Waals surface area contributed by atoms with E-state index in [1.165, 1.54) is 12.3 Å². The first-order valence-corrected chi connectivity index (χ1v) is 7.49. The Kier molecular flexibility index (Phi) is 4.14. The van der Waals surface area contributed by atoms with E-state index in [1.54, 1.807) is 24.3 Å². The molecule has 0 aliphatic heterocycles. The summed E-state index contributed by atoms with van der Waals surface area (Å²) in [5.41, 5.74) is 0.144. The molecule has 3 aromatic rings. The molecule has 5 nitrogen and oxygen atoms in total. The fourth-order valence-electron chi connectivity index (χ4n) is 2.04. The zero-order valence-corrected chi connectivity index (χ0v) is 13.6. The monoisotopic (exact) mass is 396 g/mol. The zero-order chi connectivity index (χ0) is 16.6. The van der Waals surface area contributed by atoms with Crippen LogP contribution in [0.15, 0.2) is 47.1 Å². The van der Waals surface area contributed by atoms with Crippen LogP contribution >= 0.6 is 27.5 Å². The largest absolute Gasteiger partial charge is 0.453 e. The number of nitrogens with zero attached hydrogens (tertiary/aromatic N) is 2.